The molecule has 3 fully saturated rings. The van der Waals surface area contributed by atoms with E-state index in [1.807, 2.05) is 32.9 Å². The van der Waals surface area contributed by atoms with Crippen molar-refractivity contribution in [3.8, 4) is 11.8 Å². The number of fused-ring (bicyclic) bond motifs is 1. The minimum atomic E-state index is -0.621. The Morgan fingerprint density at radius 1 is 1.12 bits per heavy atom. The Balaban J connectivity index is 1.05. The van der Waals surface area contributed by atoms with Gasteiger partial charge in [0.2, 0.25) is 11.8 Å². The summed E-state index contributed by atoms with van der Waals surface area (Å²) in [6.45, 7) is 10.9. The Morgan fingerprint density at radius 2 is 1.88 bits per heavy atom. The Hall–Kier alpha value is -3.42. The van der Waals surface area contributed by atoms with Crippen molar-refractivity contribution in [3.63, 3.8) is 0 Å². The van der Waals surface area contributed by atoms with Crippen LogP contribution in [0, 0.1) is 11.8 Å². The van der Waals surface area contributed by atoms with E-state index in [1.165, 1.54) is 0 Å². The maximum absolute atomic E-state index is 13.0. The van der Waals surface area contributed by atoms with Crippen LogP contribution in [0.4, 0.5) is 4.79 Å². The van der Waals surface area contributed by atoms with Crippen molar-refractivity contribution in [2.24, 2.45) is 0 Å². The quantitative estimate of drug-likeness (QED) is 0.426. The van der Waals surface area contributed by atoms with Crippen LogP contribution < -0.4 is 10.6 Å². The van der Waals surface area contributed by atoms with Crippen molar-refractivity contribution >= 4 is 23.8 Å². The number of piperidine rings is 2. The normalized spacial score (nSPS) is 22.7. The van der Waals surface area contributed by atoms with E-state index in [0.29, 0.717) is 24.6 Å². The summed E-state index contributed by atoms with van der Waals surface area (Å²) >= 11 is 0. The highest BCUT2D eigenvalue weighted by Gasteiger charge is 2.40. The number of likely N-dealkylation sites (tertiary alicyclic amines) is 2. The van der Waals surface area contributed by atoms with Gasteiger partial charge in [0, 0.05) is 75.3 Å². The third-order valence-corrected chi connectivity index (χ3v) is 8.06. The average molecular weight is 550 g/mol. The molecule has 1 atom stereocenters. The fourth-order valence-corrected chi connectivity index (χ4v) is 5.91. The maximum Gasteiger partial charge on any atom is 0.407 e. The lowest BCUT2D eigenvalue weighted by Gasteiger charge is -2.47. The van der Waals surface area contributed by atoms with Crippen LogP contribution in [-0.4, -0.2) is 95.0 Å². The van der Waals surface area contributed by atoms with Crippen LogP contribution in [0.2, 0.25) is 0 Å². The minimum absolute atomic E-state index is 0.170. The molecule has 0 saturated carbocycles. The van der Waals surface area contributed by atoms with E-state index in [0.717, 1.165) is 63.1 Å². The van der Waals surface area contributed by atoms with Crippen molar-refractivity contribution in [1.82, 2.24) is 25.3 Å². The second kappa shape index (κ2) is 11.6. The van der Waals surface area contributed by atoms with Gasteiger partial charge in [-0.3, -0.25) is 29.5 Å². The van der Waals surface area contributed by atoms with Gasteiger partial charge in [-0.05, 0) is 57.7 Å². The molecular weight excluding hydrogens is 510 g/mol. The van der Waals surface area contributed by atoms with Crippen molar-refractivity contribution in [1.29, 1.82) is 0 Å². The highest BCUT2D eigenvalue weighted by molar-refractivity contribution is 6.05. The summed E-state index contributed by atoms with van der Waals surface area (Å²) in [6, 6.07) is 5.64. The molecule has 0 spiro atoms. The number of carbonyl (C=O) groups excluding carboxylic acids is 4. The maximum atomic E-state index is 13.0. The summed E-state index contributed by atoms with van der Waals surface area (Å²) in [6.07, 6.45) is 2.87. The van der Waals surface area contributed by atoms with Gasteiger partial charge in [0.05, 0.1) is 0 Å². The predicted molar refractivity (Wildman–Crippen MR) is 148 cm³/mol. The van der Waals surface area contributed by atoms with E-state index in [4.69, 9.17) is 4.74 Å². The first-order valence-electron chi connectivity index (χ1n) is 14.3. The molecule has 40 heavy (non-hydrogen) atoms. The Labute approximate surface area is 235 Å². The standard InChI is InChI=1S/C30H39N5O5/c1-30(2,3)40-29(39)31-21-12-15-34(16-13-21)22-17-33(18-22)14-5-4-7-20-8-6-9-23-24(20)19-35(28(23)38)25-10-11-26(36)32-27(25)37/h6,8-9,21-22,25H,5,10-19H2,1-3H3,(H,31,39)(H,32,36,37). The number of carbonyl (C=O) groups is 4. The first-order valence-corrected chi connectivity index (χ1v) is 14.3. The van der Waals surface area contributed by atoms with Gasteiger partial charge in [0.25, 0.3) is 5.91 Å². The van der Waals surface area contributed by atoms with E-state index >= 15 is 0 Å². The number of imide groups is 1. The van der Waals surface area contributed by atoms with Gasteiger partial charge in [-0.15, -0.1) is 0 Å². The molecule has 2 N–H and O–H groups in total. The van der Waals surface area contributed by atoms with Crippen molar-refractivity contribution in [3.05, 3.63) is 34.9 Å². The number of amides is 4. The van der Waals surface area contributed by atoms with Crippen molar-refractivity contribution in [2.45, 2.75) is 83.1 Å². The number of hydrogen-bond donors (Lipinski definition) is 2. The number of nitrogens with zero attached hydrogens (tertiary/aromatic N) is 3. The Morgan fingerprint density at radius 3 is 2.58 bits per heavy atom. The monoisotopic (exact) mass is 549 g/mol. The zero-order chi connectivity index (χ0) is 28.4. The number of hydrogen-bond acceptors (Lipinski definition) is 7. The molecule has 3 saturated heterocycles. The van der Waals surface area contributed by atoms with E-state index < -0.39 is 17.6 Å². The minimum Gasteiger partial charge on any atom is -0.444 e. The molecule has 4 heterocycles. The van der Waals surface area contributed by atoms with Crippen LogP contribution in [0.25, 0.3) is 0 Å². The number of ether oxygens (including phenoxy) is 1. The highest BCUT2D eigenvalue weighted by Crippen LogP contribution is 2.29. The van der Waals surface area contributed by atoms with E-state index in [1.54, 1.807) is 11.0 Å². The lowest BCUT2D eigenvalue weighted by Crippen LogP contribution is -2.61. The van der Waals surface area contributed by atoms with Gasteiger partial charge in [0.15, 0.2) is 0 Å². The van der Waals surface area contributed by atoms with Gasteiger partial charge >= 0.3 is 6.09 Å². The second-order valence-electron chi connectivity index (χ2n) is 12.2. The zero-order valence-corrected chi connectivity index (χ0v) is 23.6. The zero-order valence-electron chi connectivity index (χ0n) is 23.6. The summed E-state index contributed by atoms with van der Waals surface area (Å²) in [7, 11) is 0. The van der Waals surface area contributed by atoms with E-state index in [9.17, 15) is 19.2 Å². The molecule has 5 rings (SSSR count). The molecule has 4 aliphatic rings. The van der Waals surface area contributed by atoms with Crippen LogP contribution in [0.5, 0.6) is 0 Å². The molecule has 1 aromatic rings. The lowest BCUT2D eigenvalue weighted by molar-refractivity contribution is -0.136. The smallest absolute Gasteiger partial charge is 0.407 e. The van der Waals surface area contributed by atoms with E-state index in [-0.39, 0.29) is 30.4 Å². The summed E-state index contributed by atoms with van der Waals surface area (Å²) in [5.41, 5.74) is 1.79. The van der Waals surface area contributed by atoms with E-state index in [2.05, 4.69) is 32.3 Å². The third-order valence-electron chi connectivity index (χ3n) is 8.06. The van der Waals surface area contributed by atoms with Crippen LogP contribution in [-0.2, 0) is 20.9 Å². The van der Waals surface area contributed by atoms with Crippen LogP contribution in [0.3, 0.4) is 0 Å². The number of alkyl carbamates (subject to hydrolysis) is 1. The largest absolute Gasteiger partial charge is 0.444 e. The fraction of sp³-hybridized carbons (Fsp3) is 0.600. The topological polar surface area (TPSA) is 111 Å². The van der Waals surface area contributed by atoms with Gasteiger partial charge < -0.3 is 15.0 Å². The molecule has 10 heteroatoms. The molecule has 4 amide bonds. The fourth-order valence-electron chi connectivity index (χ4n) is 5.91. The van der Waals surface area contributed by atoms with Gasteiger partial charge in [-0.25, -0.2) is 4.79 Å². The van der Waals surface area contributed by atoms with Gasteiger partial charge in [-0.2, -0.15) is 0 Å². The third kappa shape index (κ3) is 6.48. The van der Waals surface area contributed by atoms with Crippen molar-refractivity contribution in [2.75, 3.05) is 32.7 Å². The summed E-state index contributed by atoms with van der Waals surface area (Å²) in [5.74, 6) is 5.66. The van der Waals surface area contributed by atoms with Crippen LogP contribution in [0.15, 0.2) is 18.2 Å². The molecule has 1 unspecified atom stereocenters. The first kappa shape index (κ1) is 28.1. The van der Waals surface area contributed by atoms with Gasteiger partial charge in [-0.1, -0.05) is 17.9 Å². The summed E-state index contributed by atoms with van der Waals surface area (Å²) < 4.78 is 5.38. The molecule has 4 aliphatic heterocycles. The number of benzene rings is 1. The van der Waals surface area contributed by atoms with Crippen LogP contribution in [0.1, 0.15) is 74.4 Å². The SMILES string of the molecule is CC(C)(C)OC(=O)NC1CCN(C2CN(CCC#Cc3cccc4c3CN(C3CCC(=O)NC3=O)C4=O)C2)CC1. The summed E-state index contributed by atoms with van der Waals surface area (Å²) in [4.78, 5) is 55.4. The predicted octanol–water partition coefficient (Wildman–Crippen LogP) is 1.86. The van der Waals surface area contributed by atoms with Gasteiger partial charge in [0.1, 0.15) is 11.6 Å². The molecule has 214 valence electrons. The number of rotatable bonds is 5. The molecule has 0 aliphatic carbocycles. The number of nitrogens with one attached hydrogen (secondary N) is 2. The lowest BCUT2D eigenvalue weighted by atomic mass is 9.99. The highest BCUT2D eigenvalue weighted by atomic mass is 16.6. The second-order valence-corrected chi connectivity index (χ2v) is 12.2. The molecule has 10 nitrogen and oxygen atoms in total. The molecular formula is C30H39N5O5. The summed E-state index contributed by atoms with van der Waals surface area (Å²) in [5, 5.41) is 5.35. The van der Waals surface area contributed by atoms with Crippen molar-refractivity contribution < 1.29 is 23.9 Å². The first-order chi connectivity index (χ1) is 19.1. The molecule has 1 aromatic carbocycles. The Kier molecular flexibility index (Phi) is 8.15. The molecule has 0 bridgehead atoms. The molecule has 0 aromatic heterocycles. The Bertz CT molecular complexity index is 1230. The molecule has 0 radical (unpaired) electrons. The van der Waals surface area contributed by atoms with Crippen LogP contribution >= 0.6 is 0 Å². The average Bonchev–Trinajstić information content (AvgIpc) is 3.19.